The third-order valence-corrected chi connectivity index (χ3v) is 3.63. The van der Waals surface area contributed by atoms with Gasteiger partial charge in [-0.3, -0.25) is 9.59 Å². The fourth-order valence-electron chi connectivity index (χ4n) is 1.88. The first kappa shape index (κ1) is 27.5. The summed E-state index contributed by atoms with van der Waals surface area (Å²) < 4.78 is 0. The van der Waals surface area contributed by atoms with Gasteiger partial charge in [-0.15, -0.1) is 0 Å². The Bertz CT molecular complexity index is 825. The van der Waals surface area contributed by atoms with Crippen LogP contribution in [-0.4, -0.2) is 28.1 Å². The number of carboxylic acid groups (broad SMARTS) is 1. The molecule has 2 N–H and O–H groups in total. The number of hydrogen-bond donors (Lipinski definition) is 2. The van der Waals surface area contributed by atoms with Crippen molar-refractivity contribution in [3.63, 3.8) is 0 Å². The molecule has 0 radical (unpaired) electrons. The molecule has 4 heteroatoms. The van der Waals surface area contributed by atoms with Crippen molar-refractivity contribution in [2.45, 2.75) is 32.8 Å². The molecule has 0 aliphatic carbocycles. The Hall–Kier alpha value is -3.50. The summed E-state index contributed by atoms with van der Waals surface area (Å²) in [5, 5.41) is 17.9. The summed E-state index contributed by atoms with van der Waals surface area (Å²) in [6.07, 6.45) is 34.8. The van der Waals surface area contributed by atoms with Gasteiger partial charge in [0.15, 0.2) is 5.78 Å². The lowest BCUT2D eigenvalue weighted by atomic mass is 10.2. The van der Waals surface area contributed by atoms with Crippen LogP contribution in [0.4, 0.5) is 0 Å². The van der Waals surface area contributed by atoms with E-state index in [2.05, 4.69) is 0 Å². The Morgan fingerprint density at radius 3 is 1.35 bits per heavy atom. The highest BCUT2D eigenvalue weighted by molar-refractivity contribution is 5.92. The number of Topliss-reactive ketones (excluding diaryl/α,β-unsaturated/α-hetero) is 1. The number of carboxylic acids is 1. The van der Waals surface area contributed by atoms with E-state index in [0.29, 0.717) is 6.42 Å². The zero-order valence-corrected chi connectivity index (χ0v) is 18.2. The van der Waals surface area contributed by atoms with Crippen LogP contribution in [0.25, 0.3) is 0 Å². The molecule has 0 heterocycles. The monoisotopic (exact) mass is 420 g/mol. The Morgan fingerprint density at radius 2 is 1.00 bits per heavy atom. The minimum absolute atomic E-state index is 0.0763. The normalized spacial score (nSPS) is 15.1. The van der Waals surface area contributed by atoms with Crippen molar-refractivity contribution in [1.29, 1.82) is 0 Å². The van der Waals surface area contributed by atoms with E-state index in [-0.39, 0.29) is 12.2 Å². The molecule has 4 nitrogen and oxygen atoms in total. The number of ketones is 1. The summed E-state index contributed by atoms with van der Waals surface area (Å²) in [6, 6.07) is 0. The van der Waals surface area contributed by atoms with E-state index in [4.69, 9.17) is 5.11 Å². The predicted molar refractivity (Wildman–Crippen MR) is 130 cm³/mol. The summed E-state index contributed by atoms with van der Waals surface area (Å²) in [4.78, 5) is 21.4. The smallest absolute Gasteiger partial charge is 0.305 e. The van der Waals surface area contributed by atoms with E-state index >= 15 is 0 Å². The van der Waals surface area contributed by atoms with Crippen molar-refractivity contribution >= 4 is 11.8 Å². The van der Waals surface area contributed by atoms with Crippen molar-refractivity contribution in [2.24, 2.45) is 0 Å². The maximum absolute atomic E-state index is 11.0. The van der Waals surface area contributed by atoms with E-state index in [1.807, 2.05) is 97.2 Å². The maximum Gasteiger partial charge on any atom is 0.305 e. The first-order valence-corrected chi connectivity index (χ1v) is 10.0. The first-order chi connectivity index (χ1) is 14.9. The Kier molecular flexibility index (Phi) is 17.6. The van der Waals surface area contributed by atoms with Gasteiger partial charge in [0, 0.05) is 0 Å². The standard InChI is InChI=1S/C27H32O4/c1-24(25(2)28)21-19-17-15-13-11-9-7-5-3-4-6-8-10-12-14-16-18-20-22-26(29)23-27(30)31/h3-21,26,29H,22-23H2,1-2H3,(H,30,31)/b4-3+,7-5+,8-6+,11-9+,12-10+,15-13+,16-14+,19-17+,20-18+,24-21-/t26-/m0/s1. The molecule has 164 valence electrons. The zero-order chi connectivity index (χ0) is 23.2. The first-order valence-electron chi connectivity index (χ1n) is 10.0. The predicted octanol–water partition coefficient (Wildman–Crippen LogP) is 5.75. The maximum atomic E-state index is 11.0. The number of aliphatic hydroxyl groups excluding tert-OH is 1. The zero-order valence-electron chi connectivity index (χ0n) is 18.2. The van der Waals surface area contributed by atoms with Crippen molar-refractivity contribution < 1.29 is 19.8 Å². The van der Waals surface area contributed by atoms with E-state index in [1.165, 1.54) is 0 Å². The second-order valence-corrected chi connectivity index (χ2v) is 6.40. The molecule has 0 aliphatic heterocycles. The molecule has 0 amide bonds. The molecule has 0 saturated carbocycles. The lowest BCUT2D eigenvalue weighted by Crippen LogP contribution is -2.11. The molecule has 0 spiro atoms. The van der Waals surface area contributed by atoms with Crippen molar-refractivity contribution in [3.05, 3.63) is 121 Å². The third-order valence-electron chi connectivity index (χ3n) is 3.63. The van der Waals surface area contributed by atoms with Gasteiger partial charge in [0.05, 0.1) is 12.5 Å². The molecule has 1 atom stereocenters. The van der Waals surface area contributed by atoms with E-state index in [1.54, 1.807) is 32.1 Å². The van der Waals surface area contributed by atoms with Crippen LogP contribution >= 0.6 is 0 Å². The second-order valence-electron chi connectivity index (χ2n) is 6.40. The number of aliphatic hydroxyl groups is 1. The number of carbonyl (C=O) groups is 2. The average Bonchev–Trinajstić information content (AvgIpc) is 2.71. The molecule has 0 bridgehead atoms. The minimum atomic E-state index is -1.00. The largest absolute Gasteiger partial charge is 0.481 e. The highest BCUT2D eigenvalue weighted by atomic mass is 16.4. The molecule has 0 aromatic carbocycles. The van der Waals surface area contributed by atoms with E-state index < -0.39 is 12.1 Å². The van der Waals surface area contributed by atoms with E-state index in [9.17, 15) is 14.7 Å². The van der Waals surface area contributed by atoms with Gasteiger partial charge in [-0.2, -0.15) is 0 Å². The van der Waals surface area contributed by atoms with Crippen LogP contribution in [0, 0.1) is 0 Å². The number of rotatable bonds is 14. The average molecular weight is 421 g/mol. The Labute approximate surface area is 185 Å². The van der Waals surface area contributed by atoms with Crippen LogP contribution in [0.2, 0.25) is 0 Å². The topological polar surface area (TPSA) is 74.6 Å². The highest BCUT2D eigenvalue weighted by Gasteiger charge is 2.06. The third kappa shape index (κ3) is 21.0. The fourth-order valence-corrected chi connectivity index (χ4v) is 1.88. The van der Waals surface area contributed by atoms with Crippen LogP contribution in [-0.2, 0) is 9.59 Å². The van der Waals surface area contributed by atoms with Gasteiger partial charge < -0.3 is 10.2 Å². The molecule has 0 aromatic heterocycles. The molecular formula is C27H32O4. The highest BCUT2D eigenvalue weighted by Crippen LogP contribution is 1.99. The SMILES string of the molecule is CC(=O)\C(C)=C/C=C/C=C/C=C/C=C/C=C/C=C/C=C/C=C/C=C/C[C@H](O)CC(=O)O. The quantitative estimate of drug-likeness (QED) is 0.277. The van der Waals surface area contributed by atoms with Gasteiger partial charge in [0.25, 0.3) is 0 Å². The summed E-state index contributed by atoms with van der Waals surface area (Å²) in [5.41, 5.74) is 0.733. The molecular weight excluding hydrogens is 388 g/mol. The van der Waals surface area contributed by atoms with Crippen LogP contribution in [0.3, 0.4) is 0 Å². The van der Waals surface area contributed by atoms with Crippen molar-refractivity contribution in [2.75, 3.05) is 0 Å². The minimum Gasteiger partial charge on any atom is -0.481 e. The van der Waals surface area contributed by atoms with Crippen LogP contribution in [0.15, 0.2) is 121 Å². The lowest BCUT2D eigenvalue weighted by molar-refractivity contribution is -0.139. The van der Waals surface area contributed by atoms with E-state index in [0.717, 1.165) is 5.57 Å². The molecule has 0 fully saturated rings. The molecule has 0 aliphatic rings. The second kappa shape index (κ2) is 19.8. The van der Waals surface area contributed by atoms with Gasteiger partial charge >= 0.3 is 5.97 Å². The number of carbonyl (C=O) groups excluding carboxylic acids is 1. The summed E-state index contributed by atoms with van der Waals surface area (Å²) in [7, 11) is 0. The summed E-state index contributed by atoms with van der Waals surface area (Å²) in [6.45, 7) is 3.34. The van der Waals surface area contributed by atoms with Crippen LogP contribution in [0.5, 0.6) is 0 Å². The number of allylic oxidation sites excluding steroid dienone is 19. The van der Waals surface area contributed by atoms with Crippen LogP contribution in [0.1, 0.15) is 26.7 Å². The molecule has 31 heavy (non-hydrogen) atoms. The Balaban J connectivity index is 4.02. The van der Waals surface area contributed by atoms with Gasteiger partial charge in [-0.1, -0.05) is 115 Å². The molecule has 0 rings (SSSR count). The van der Waals surface area contributed by atoms with Crippen molar-refractivity contribution in [1.82, 2.24) is 0 Å². The van der Waals surface area contributed by atoms with Gasteiger partial charge in [-0.05, 0) is 25.8 Å². The molecule has 0 saturated heterocycles. The number of hydrogen-bond acceptors (Lipinski definition) is 3. The van der Waals surface area contributed by atoms with Crippen LogP contribution < -0.4 is 0 Å². The van der Waals surface area contributed by atoms with Crippen molar-refractivity contribution in [3.8, 4) is 0 Å². The van der Waals surface area contributed by atoms with Gasteiger partial charge in [0.1, 0.15) is 0 Å². The molecule has 0 unspecified atom stereocenters. The van der Waals surface area contributed by atoms with Gasteiger partial charge in [-0.25, -0.2) is 0 Å². The summed E-state index contributed by atoms with van der Waals surface area (Å²) in [5.74, 6) is -0.924. The fraction of sp³-hybridized carbons (Fsp3) is 0.185. The molecule has 0 aromatic rings. The summed E-state index contributed by atoms with van der Waals surface area (Å²) >= 11 is 0. The Morgan fingerprint density at radius 1 is 0.645 bits per heavy atom. The number of aliphatic carboxylic acids is 1. The van der Waals surface area contributed by atoms with Gasteiger partial charge in [0.2, 0.25) is 0 Å². The lowest BCUT2D eigenvalue weighted by Gasteiger charge is -2.01.